The van der Waals surface area contributed by atoms with Crippen molar-refractivity contribution >= 4 is 28.7 Å². The van der Waals surface area contributed by atoms with E-state index >= 15 is 0 Å². The lowest BCUT2D eigenvalue weighted by Gasteiger charge is -2.06. The summed E-state index contributed by atoms with van der Waals surface area (Å²) in [5, 5.41) is 10.2. The van der Waals surface area contributed by atoms with Crippen molar-refractivity contribution in [3.63, 3.8) is 0 Å². The first-order valence-electron chi connectivity index (χ1n) is 6.40. The van der Waals surface area contributed by atoms with Crippen LogP contribution in [-0.4, -0.2) is 10.2 Å². The number of pyridine rings is 1. The molecule has 0 radical (unpaired) electrons. The normalized spacial score (nSPS) is 11.1. The number of nitrogens with one attached hydrogen (secondary N) is 1. The van der Waals surface area contributed by atoms with Crippen LogP contribution in [0.1, 0.15) is 11.3 Å². The van der Waals surface area contributed by atoms with Crippen LogP contribution in [0.15, 0.2) is 60.7 Å². The summed E-state index contributed by atoms with van der Waals surface area (Å²) < 4.78 is 0. The van der Waals surface area contributed by atoms with Crippen LogP contribution in [0, 0.1) is 0 Å². The number of aromatic nitrogens is 1. The van der Waals surface area contributed by atoms with Gasteiger partial charge in [0.05, 0.1) is 16.9 Å². The first-order chi connectivity index (χ1) is 9.86. The molecule has 2 N–H and O–H groups in total. The molecule has 0 aliphatic rings. The summed E-state index contributed by atoms with van der Waals surface area (Å²) in [6.07, 6.45) is 3.86. The van der Waals surface area contributed by atoms with E-state index in [1.54, 1.807) is 0 Å². The maximum Gasteiger partial charge on any atom is 0.0891 e. The van der Waals surface area contributed by atoms with Crippen molar-refractivity contribution in [2.45, 2.75) is 0 Å². The molecular formula is C17H14N2O. The van der Waals surface area contributed by atoms with Gasteiger partial charge in [0.2, 0.25) is 0 Å². The number of rotatable bonds is 3. The second-order valence-electron chi connectivity index (χ2n) is 4.47. The second-order valence-corrected chi connectivity index (χ2v) is 4.47. The summed E-state index contributed by atoms with van der Waals surface area (Å²) in [5.41, 5.74) is 5.50. The summed E-state index contributed by atoms with van der Waals surface area (Å²) in [5.74, 6) is 0. The van der Waals surface area contributed by atoms with E-state index in [9.17, 15) is 5.21 Å². The molecule has 3 rings (SSSR count). The van der Waals surface area contributed by atoms with E-state index in [1.807, 2.05) is 72.8 Å². The Kier molecular flexibility index (Phi) is 3.44. The molecule has 0 aliphatic carbocycles. The Balaban J connectivity index is 2.04. The first kappa shape index (κ1) is 12.4. The van der Waals surface area contributed by atoms with Gasteiger partial charge in [-0.25, -0.2) is 4.98 Å². The zero-order chi connectivity index (χ0) is 13.8. The van der Waals surface area contributed by atoms with Gasteiger partial charge in [0.25, 0.3) is 0 Å². The number of anilines is 1. The summed E-state index contributed by atoms with van der Waals surface area (Å²) in [6.45, 7) is 0. The van der Waals surface area contributed by atoms with Crippen molar-refractivity contribution in [2.24, 2.45) is 0 Å². The van der Waals surface area contributed by atoms with Gasteiger partial charge in [0.15, 0.2) is 0 Å². The lowest BCUT2D eigenvalue weighted by molar-refractivity contribution is 0.388. The number of nitrogens with zero attached hydrogens (tertiary/aromatic N) is 1. The predicted octanol–water partition coefficient (Wildman–Crippen LogP) is 4.21. The van der Waals surface area contributed by atoms with E-state index in [1.165, 1.54) is 0 Å². The van der Waals surface area contributed by atoms with E-state index in [4.69, 9.17) is 0 Å². The SMILES string of the molecule is ONc1cc2ccccc2nc1C=Cc1ccccc1. The maximum atomic E-state index is 9.25. The molecule has 2 aromatic carbocycles. The highest BCUT2D eigenvalue weighted by Crippen LogP contribution is 2.22. The maximum absolute atomic E-state index is 9.25. The van der Waals surface area contributed by atoms with E-state index in [0.717, 1.165) is 16.5 Å². The molecule has 3 nitrogen and oxygen atoms in total. The van der Waals surface area contributed by atoms with Crippen molar-refractivity contribution < 1.29 is 5.21 Å². The number of hydrogen-bond acceptors (Lipinski definition) is 3. The average Bonchev–Trinajstić information content (AvgIpc) is 2.53. The molecule has 0 atom stereocenters. The van der Waals surface area contributed by atoms with Crippen molar-refractivity contribution in [3.05, 3.63) is 71.9 Å². The van der Waals surface area contributed by atoms with Gasteiger partial charge in [-0.3, -0.25) is 10.7 Å². The number of para-hydroxylation sites is 1. The third-order valence-corrected chi connectivity index (χ3v) is 3.11. The second kappa shape index (κ2) is 5.55. The van der Waals surface area contributed by atoms with Crippen molar-refractivity contribution in [1.29, 1.82) is 0 Å². The van der Waals surface area contributed by atoms with Crippen LogP contribution in [0.25, 0.3) is 23.1 Å². The molecule has 0 aliphatic heterocycles. The fourth-order valence-corrected chi connectivity index (χ4v) is 2.09. The molecule has 1 heterocycles. The minimum absolute atomic E-state index is 0.593. The van der Waals surface area contributed by atoms with Gasteiger partial charge < -0.3 is 0 Å². The minimum Gasteiger partial charge on any atom is -0.291 e. The highest BCUT2D eigenvalue weighted by Gasteiger charge is 2.03. The lowest BCUT2D eigenvalue weighted by Crippen LogP contribution is -1.95. The van der Waals surface area contributed by atoms with Gasteiger partial charge in [-0.1, -0.05) is 54.6 Å². The first-order valence-corrected chi connectivity index (χ1v) is 6.40. The standard InChI is InChI=1S/C17H14N2O/c20-19-17-12-14-8-4-5-9-15(14)18-16(17)11-10-13-6-2-1-3-7-13/h1-12,19-20H. The van der Waals surface area contributed by atoms with Crippen LogP contribution in [0.3, 0.4) is 0 Å². The van der Waals surface area contributed by atoms with Crippen LogP contribution in [0.5, 0.6) is 0 Å². The van der Waals surface area contributed by atoms with Crippen molar-refractivity contribution in [2.75, 3.05) is 5.48 Å². The van der Waals surface area contributed by atoms with Gasteiger partial charge in [-0.05, 0) is 23.8 Å². The molecule has 0 saturated heterocycles. The van der Waals surface area contributed by atoms with E-state index in [0.29, 0.717) is 11.4 Å². The molecule has 0 unspecified atom stereocenters. The fraction of sp³-hybridized carbons (Fsp3) is 0. The van der Waals surface area contributed by atoms with Gasteiger partial charge >= 0.3 is 0 Å². The van der Waals surface area contributed by atoms with E-state index < -0.39 is 0 Å². The van der Waals surface area contributed by atoms with Crippen molar-refractivity contribution in [1.82, 2.24) is 4.98 Å². The highest BCUT2D eigenvalue weighted by molar-refractivity contribution is 5.86. The van der Waals surface area contributed by atoms with Gasteiger partial charge in [-0.2, -0.15) is 0 Å². The molecule has 20 heavy (non-hydrogen) atoms. The van der Waals surface area contributed by atoms with Crippen molar-refractivity contribution in [3.8, 4) is 0 Å². The Labute approximate surface area is 117 Å². The Morgan fingerprint density at radius 3 is 2.45 bits per heavy atom. The number of hydrogen-bond donors (Lipinski definition) is 2. The largest absolute Gasteiger partial charge is 0.291 e. The quantitative estimate of drug-likeness (QED) is 0.695. The summed E-state index contributed by atoms with van der Waals surface area (Å²) >= 11 is 0. The van der Waals surface area contributed by atoms with Crippen LogP contribution < -0.4 is 5.48 Å². The fourth-order valence-electron chi connectivity index (χ4n) is 2.09. The predicted molar refractivity (Wildman–Crippen MR) is 82.5 cm³/mol. The summed E-state index contributed by atoms with van der Waals surface area (Å²) in [4.78, 5) is 4.55. The molecule has 3 heteroatoms. The van der Waals surface area contributed by atoms with Crippen LogP contribution in [0.4, 0.5) is 5.69 Å². The molecule has 3 aromatic rings. The lowest BCUT2D eigenvalue weighted by atomic mass is 10.1. The van der Waals surface area contributed by atoms with Crippen LogP contribution in [0.2, 0.25) is 0 Å². The van der Waals surface area contributed by atoms with Crippen LogP contribution >= 0.6 is 0 Å². The van der Waals surface area contributed by atoms with Gasteiger partial charge in [0, 0.05) is 5.39 Å². The Bertz CT molecular complexity index is 751. The molecule has 0 fully saturated rings. The molecule has 0 amide bonds. The number of benzene rings is 2. The molecule has 1 aromatic heterocycles. The average molecular weight is 262 g/mol. The summed E-state index contributed by atoms with van der Waals surface area (Å²) in [7, 11) is 0. The Morgan fingerprint density at radius 2 is 1.65 bits per heavy atom. The van der Waals surface area contributed by atoms with Crippen LogP contribution in [-0.2, 0) is 0 Å². The molecule has 98 valence electrons. The number of fused-ring (bicyclic) bond motifs is 1. The monoisotopic (exact) mass is 262 g/mol. The minimum atomic E-state index is 0.593. The van der Waals surface area contributed by atoms with E-state index in [2.05, 4.69) is 10.5 Å². The molecule has 0 bridgehead atoms. The van der Waals surface area contributed by atoms with Gasteiger partial charge in [-0.15, -0.1) is 0 Å². The zero-order valence-electron chi connectivity index (χ0n) is 10.8. The summed E-state index contributed by atoms with van der Waals surface area (Å²) in [6, 6.07) is 19.7. The molecule has 0 spiro atoms. The third-order valence-electron chi connectivity index (χ3n) is 3.11. The highest BCUT2D eigenvalue weighted by atomic mass is 16.5. The topological polar surface area (TPSA) is 45.1 Å². The zero-order valence-corrected chi connectivity index (χ0v) is 10.8. The van der Waals surface area contributed by atoms with E-state index in [-0.39, 0.29) is 0 Å². The molecule has 0 saturated carbocycles. The molecular weight excluding hydrogens is 248 g/mol. The Hall–Kier alpha value is -2.65. The smallest absolute Gasteiger partial charge is 0.0891 e. The third kappa shape index (κ3) is 2.53. The Morgan fingerprint density at radius 1 is 0.900 bits per heavy atom. The van der Waals surface area contributed by atoms with Gasteiger partial charge in [0.1, 0.15) is 0 Å².